The smallest absolute Gasteiger partial charge is 0.425 e. The molecule has 2 N–H and O–H groups in total. The average molecular weight is 435 g/mol. The number of carboxylic acid groups (broad SMARTS) is 1. The molecule has 0 unspecified atom stereocenters. The number of nitrogens with one attached hydrogen (secondary N) is 1. The lowest BCUT2D eigenvalue weighted by Crippen LogP contribution is -2.44. The number of nitrogens with zero attached hydrogens (tertiary/aromatic N) is 4. The summed E-state index contributed by atoms with van der Waals surface area (Å²) in [5.74, 6) is -3.13. The van der Waals surface area contributed by atoms with Gasteiger partial charge in [-0.05, 0) is 41.5 Å². The zero-order valence-corrected chi connectivity index (χ0v) is 18.3. The number of hydrogen-bond donors (Lipinski definition) is 2. The summed E-state index contributed by atoms with van der Waals surface area (Å²) in [4.78, 5) is 53.0. The van der Waals surface area contributed by atoms with E-state index in [1.807, 2.05) is 0 Å². The van der Waals surface area contributed by atoms with Gasteiger partial charge in [0.2, 0.25) is 0 Å². The maximum absolute atomic E-state index is 12.9. The molecule has 0 fully saturated rings. The van der Waals surface area contributed by atoms with E-state index in [4.69, 9.17) is 14.6 Å². The lowest BCUT2D eigenvalue weighted by atomic mass is 10.2. The van der Waals surface area contributed by atoms with Crippen LogP contribution >= 0.6 is 0 Å². The van der Waals surface area contributed by atoms with Crippen LogP contribution in [0.2, 0.25) is 0 Å². The number of anilines is 2. The molecular weight excluding hydrogens is 410 g/mol. The predicted octanol–water partition coefficient (Wildman–Crippen LogP) is 2.67. The minimum atomic E-state index is -1.69. The Morgan fingerprint density at radius 3 is 1.97 bits per heavy atom. The molecule has 2 rings (SSSR count). The number of ether oxygens (including phenoxy) is 2. The van der Waals surface area contributed by atoms with Crippen LogP contribution in [-0.2, 0) is 26.1 Å². The van der Waals surface area contributed by atoms with Crippen molar-refractivity contribution in [2.24, 2.45) is 7.05 Å². The van der Waals surface area contributed by atoms with Crippen LogP contribution in [0.4, 0.5) is 21.1 Å². The van der Waals surface area contributed by atoms with E-state index in [1.54, 1.807) is 41.5 Å². The number of aromatic nitrogens is 3. The van der Waals surface area contributed by atoms with Crippen molar-refractivity contribution in [1.29, 1.82) is 0 Å². The lowest BCUT2D eigenvalue weighted by molar-refractivity contribution is -0.147. The highest BCUT2D eigenvalue weighted by atomic mass is 16.6. The molecule has 0 aliphatic carbocycles. The first-order chi connectivity index (χ1) is 14.1. The Kier molecular flexibility index (Phi) is 6.24. The third-order valence-electron chi connectivity index (χ3n) is 3.56. The molecule has 3 amide bonds. The summed E-state index contributed by atoms with van der Waals surface area (Å²) < 4.78 is 12.0. The maximum atomic E-state index is 12.9. The molecule has 168 valence electrons. The molecule has 2 heterocycles. The van der Waals surface area contributed by atoms with Gasteiger partial charge in [0.05, 0.1) is 18.1 Å². The molecule has 31 heavy (non-hydrogen) atoms. The molecule has 2 aromatic rings. The van der Waals surface area contributed by atoms with Gasteiger partial charge in [0.15, 0.2) is 5.82 Å². The number of amides is 3. The van der Waals surface area contributed by atoms with Crippen molar-refractivity contribution in [1.82, 2.24) is 14.8 Å². The summed E-state index contributed by atoms with van der Waals surface area (Å²) in [5, 5.41) is 15.4. The number of carbonyl (C=O) groups is 4. The average Bonchev–Trinajstić information content (AvgIpc) is 2.96. The SMILES string of the molecule is Cn1ncc2c(NC(=O)C(=O)O)cnc(N(C(=O)OC(C)(C)C)C(=O)OC(C)(C)C)c21. The normalized spacial score (nSPS) is 11.7. The van der Waals surface area contributed by atoms with E-state index in [0.29, 0.717) is 4.90 Å². The van der Waals surface area contributed by atoms with Crippen molar-refractivity contribution >= 4 is 46.5 Å². The minimum absolute atomic E-state index is 0.0348. The third-order valence-corrected chi connectivity index (χ3v) is 3.56. The molecule has 0 aromatic carbocycles. The molecule has 0 aliphatic heterocycles. The fraction of sp³-hybridized carbons (Fsp3) is 0.474. The van der Waals surface area contributed by atoms with Crippen LogP contribution in [0.15, 0.2) is 12.4 Å². The van der Waals surface area contributed by atoms with Gasteiger partial charge in [-0.25, -0.2) is 19.4 Å². The van der Waals surface area contributed by atoms with Crippen LogP contribution in [0.5, 0.6) is 0 Å². The first-order valence-corrected chi connectivity index (χ1v) is 9.22. The topological polar surface area (TPSA) is 153 Å². The minimum Gasteiger partial charge on any atom is -0.474 e. The zero-order valence-electron chi connectivity index (χ0n) is 18.3. The highest BCUT2D eigenvalue weighted by molar-refractivity contribution is 6.37. The number of hydrogen-bond acceptors (Lipinski definition) is 8. The quantitative estimate of drug-likeness (QED) is 0.678. The number of aryl methyl sites for hydroxylation is 1. The van der Waals surface area contributed by atoms with Crippen LogP contribution in [-0.4, -0.2) is 55.1 Å². The fourth-order valence-corrected chi connectivity index (χ4v) is 2.46. The Hall–Kier alpha value is -3.70. The largest absolute Gasteiger partial charge is 0.474 e. The molecule has 0 bridgehead atoms. The molecular formula is C19H25N5O7. The zero-order chi connectivity index (χ0) is 23.7. The molecule has 0 saturated heterocycles. The lowest BCUT2D eigenvalue weighted by Gasteiger charge is -2.28. The molecule has 12 heteroatoms. The van der Waals surface area contributed by atoms with Gasteiger partial charge in [-0.2, -0.15) is 10.00 Å². The van der Waals surface area contributed by atoms with E-state index in [1.165, 1.54) is 17.9 Å². The van der Waals surface area contributed by atoms with Crippen molar-refractivity contribution in [2.45, 2.75) is 52.7 Å². The van der Waals surface area contributed by atoms with E-state index in [2.05, 4.69) is 15.4 Å². The molecule has 0 atom stereocenters. The van der Waals surface area contributed by atoms with Crippen molar-refractivity contribution in [3.05, 3.63) is 12.4 Å². The molecule has 0 saturated carbocycles. The number of imide groups is 1. The summed E-state index contributed by atoms with van der Waals surface area (Å²) in [7, 11) is 1.53. The Balaban J connectivity index is 2.65. The van der Waals surface area contributed by atoms with Gasteiger partial charge in [-0.3, -0.25) is 9.48 Å². The second-order valence-corrected chi connectivity index (χ2v) is 8.58. The van der Waals surface area contributed by atoms with Gasteiger partial charge in [-0.15, -0.1) is 0 Å². The van der Waals surface area contributed by atoms with E-state index in [9.17, 15) is 19.2 Å². The highest BCUT2D eigenvalue weighted by Crippen LogP contribution is 2.31. The Bertz CT molecular complexity index is 1020. The van der Waals surface area contributed by atoms with Crippen LogP contribution in [0, 0.1) is 0 Å². The molecule has 0 aliphatic rings. The van der Waals surface area contributed by atoms with Gasteiger partial charge >= 0.3 is 24.1 Å². The number of carboxylic acids is 1. The van der Waals surface area contributed by atoms with Crippen molar-refractivity contribution in [3.63, 3.8) is 0 Å². The molecule has 0 spiro atoms. The van der Waals surface area contributed by atoms with E-state index >= 15 is 0 Å². The maximum Gasteiger partial charge on any atom is 0.425 e. The van der Waals surface area contributed by atoms with E-state index in [-0.39, 0.29) is 22.4 Å². The summed E-state index contributed by atoms with van der Waals surface area (Å²) in [6, 6.07) is 0. The highest BCUT2D eigenvalue weighted by Gasteiger charge is 2.36. The molecule has 0 radical (unpaired) electrons. The van der Waals surface area contributed by atoms with Crippen LogP contribution < -0.4 is 10.2 Å². The molecule has 2 aromatic heterocycles. The Morgan fingerprint density at radius 1 is 1.00 bits per heavy atom. The van der Waals surface area contributed by atoms with E-state index in [0.717, 1.165) is 6.20 Å². The Morgan fingerprint density at radius 2 is 1.52 bits per heavy atom. The van der Waals surface area contributed by atoms with Gasteiger partial charge < -0.3 is 19.9 Å². The summed E-state index contributed by atoms with van der Waals surface area (Å²) in [6.45, 7) is 9.81. The second kappa shape index (κ2) is 8.20. The van der Waals surface area contributed by atoms with Gasteiger partial charge in [-0.1, -0.05) is 0 Å². The third kappa shape index (κ3) is 5.68. The van der Waals surface area contributed by atoms with Crippen LogP contribution in [0.1, 0.15) is 41.5 Å². The number of carbonyl (C=O) groups excluding carboxylic acids is 3. The first-order valence-electron chi connectivity index (χ1n) is 9.22. The van der Waals surface area contributed by atoms with Gasteiger partial charge in [0, 0.05) is 12.4 Å². The van der Waals surface area contributed by atoms with Crippen molar-refractivity contribution in [2.75, 3.05) is 10.2 Å². The monoisotopic (exact) mass is 435 g/mol. The number of pyridine rings is 1. The first kappa shape index (κ1) is 23.6. The number of rotatable bonds is 2. The second-order valence-electron chi connectivity index (χ2n) is 8.58. The standard InChI is InChI=1S/C19H25N5O7/c1-18(2,3)30-16(28)24(17(29)31-19(4,5)6)13-12-10(8-21-23(12)7)11(9-20-13)22-14(25)15(26)27/h8-9H,1-7H3,(H,22,25)(H,26,27). The van der Waals surface area contributed by atoms with E-state index < -0.39 is 35.3 Å². The molecule has 12 nitrogen and oxygen atoms in total. The summed E-state index contributed by atoms with van der Waals surface area (Å²) in [5.41, 5.74) is -1.64. The Labute approximate surface area is 178 Å². The number of aliphatic carboxylic acids is 1. The summed E-state index contributed by atoms with van der Waals surface area (Å²) in [6.07, 6.45) is 0.389. The number of fused-ring (bicyclic) bond motifs is 1. The van der Waals surface area contributed by atoms with Crippen LogP contribution in [0.3, 0.4) is 0 Å². The van der Waals surface area contributed by atoms with Crippen molar-refractivity contribution < 1.29 is 33.8 Å². The fourth-order valence-electron chi connectivity index (χ4n) is 2.46. The predicted molar refractivity (Wildman–Crippen MR) is 110 cm³/mol. The van der Waals surface area contributed by atoms with Crippen molar-refractivity contribution in [3.8, 4) is 0 Å². The van der Waals surface area contributed by atoms with Crippen LogP contribution in [0.25, 0.3) is 10.9 Å². The summed E-state index contributed by atoms with van der Waals surface area (Å²) >= 11 is 0. The van der Waals surface area contributed by atoms with Gasteiger partial charge in [0.25, 0.3) is 0 Å². The van der Waals surface area contributed by atoms with Gasteiger partial charge in [0.1, 0.15) is 16.7 Å².